The molecule has 0 aliphatic rings. The first-order valence-corrected chi connectivity index (χ1v) is 6.89. The van der Waals surface area contributed by atoms with E-state index in [0.717, 1.165) is 18.8 Å². The van der Waals surface area contributed by atoms with Crippen LogP contribution in [0.4, 0.5) is 0 Å². The van der Waals surface area contributed by atoms with Gasteiger partial charge in [-0.2, -0.15) is 0 Å². The van der Waals surface area contributed by atoms with Gasteiger partial charge in [0.1, 0.15) is 5.82 Å². The number of hydrogen-bond donors (Lipinski definition) is 1. The minimum absolute atomic E-state index is 0.318. The lowest BCUT2D eigenvalue weighted by molar-refractivity contribution is 0.489. The topological polar surface area (TPSA) is 29.9 Å². The number of imidazole rings is 1. The fourth-order valence-corrected chi connectivity index (χ4v) is 2.59. The fraction of sp³-hybridized carbons (Fsp3) is 0.438. The van der Waals surface area contributed by atoms with Crippen molar-refractivity contribution < 1.29 is 0 Å². The second kappa shape index (κ2) is 6.02. The summed E-state index contributed by atoms with van der Waals surface area (Å²) in [5.74, 6) is 1.14. The van der Waals surface area contributed by atoms with Crippen molar-refractivity contribution in [2.24, 2.45) is 0 Å². The van der Waals surface area contributed by atoms with Crippen molar-refractivity contribution in [2.75, 3.05) is 7.05 Å². The van der Waals surface area contributed by atoms with Gasteiger partial charge in [0, 0.05) is 25.4 Å². The van der Waals surface area contributed by atoms with Crippen molar-refractivity contribution in [3.05, 3.63) is 53.1 Å². The minimum atomic E-state index is 0.318. The molecule has 0 aliphatic heterocycles. The standard InChI is InChI=1S/C16H23N3/c1-5-16-18-6-7-19(16)11-15(17-4)14-9-12(2)8-13(3)10-14/h6-10,15,17H,5,11H2,1-4H3. The van der Waals surface area contributed by atoms with E-state index in [0.29, 0.717) is 6.04 Å². The first kappa shape index (κ1) is 13.8. The summed E-state index contributed by atoms with van der Waals surface area (Å²) in [6.45, 7) is 7.36. The summed E-state index contributed by atoms with van der Waals surface area (Å²) in [7, 11) is 2.02. The zero-order chi connectivity index (χ0) is 13.8. The Morgan fingerprint density at radius 2 is 1.89 bits per heavy atom. The molecule has 1 aromatic heterocycles. The number of benzene rings is 1. The normalized spacial score (nSPS) is 12.6. The molecule has 102 valence electrons. The van der Waals surface area contributed by atoms with E-state index in [9.17, 15) is 0 Å². The molecule has 2 aromatic rings. The summed E-state index contributed by atoms with van der Waals surface area (Å²) in [4.78, 5) is 4.39. The fourth-order valence-electron chi connectivity index (χ4n) is 2.59. The molecule has 3 heteroatoms. The van der Waals surface area contributed by atoms with Crippen LogP contribution >= 0.6 is 0 Å². The molecule has 0 radical (unpaired) electrons. The van der Waals surface area contributed by atoms with Crippen molar-refractivity contribution in [3.8, 4) is 0 Å². The number of rotatable bonds is 5. The number of likely N-dealkylation sites (N-methyl/N-ethyl adjacent to an activating group) is 1. The Balaban J connectivity index is 2.25. The van der Waals surface area contributed by atoms with Crippen molar-refractivity contribution in [1.82, 2.24) is 14.9 Å². The lowest BCUT2D eigenvalue weighted by Crippen LogP contribution is -2.22. The number of aromatic nitrogens is 2. The summed E-state index contributed by atoms with van der Waals surface area (Å²) in [5, 5.41) is 3.41. The maximum atomic E-state index is 4.39. The molecule has 0 amide bonds. The predicted octanol–water partition coefficient (Wildman–Crippen LogP) is 3.02. The molecule has 1 aromatic carbocycles. The van der Waals surface area contributed by atoms with Crippen LogP contribution in [0, 0.1) is 13.8 Å². The number of nitrogens with one attached hydrogen (secondary N) is 1. The molecule has 0 spiro atoms. The predicted molar refractivity (Wildman–Crippen MR) is 79.3 cm³/mol. The highest BCUT2D eigenvalue weighted by Gasteiger charge is 2.12. The second-order valence-electron chi connectivity index (χ2n) is 5.11. The monoisotopic (exact) mass is 257 g/mol. The van der Waals surface area contributed by atoms with Crippen LogP contribution in [0.3, 0.4) is 0 Å². The largest absolute Gasteiger partial charge is 0.333 e. The lowest BCUT2D eigenvalue weighted by Gasteiger charge is -2.19. The third kappa shape index (κ3) is 3.24. The Morgan fingerprint density at radius 1 is 1.21 bits per heavy atom. The van der Waals surface area contributed by atoms with Crippen LogP contribution in [0.25, 0.3) is 0 Å². The van der Waals surface area contributed by atoms with Crippen molar-refractivity contribution >= 4 is 0 Å². The second-order valence-corrected chi connectivity index (χ2v) is 5.11. The van der Waals surface area contributed by atoms with Gasteiger partial charge in [-0.15, -0.1) is 0 Å². The van der Waals surface area contributed by atoms with Crippen molar-refractivity contribution in [3.63, 3.8) is 0 Å². The summed E-state index contributed by atoms with van der Waals surface area (Å²) in [6.07, 6.45) is 4.91. The van der Waals surface area contributed by atoms with E-state index in [1.165, 1.54) is 16.7 Å². The van der Waals surface area contributed by atoms with Crippen molar-refractivity contribution in [2.45, 2.75) is 39.8 Å². The first-order chi connectivity index (χ1) is 9.13. The van der Waals surface area contributed by atoms with Crippen LogP contribution in [-0.4, -0.2) is 16.6 Å². The zero-order valence-electron chi connectivity index (χ0n) is 12.3. The van der Waals surface area contributed by atoms with Crippen LogP contribution in [0.5, 0.6) is 0 Å². The Labute approximate surface area is 115 Å². The third-order valence-corrected chi connectivity index (χ3v) is 3.49. The highest BCUT2D eigenvalue weighted by atomic mass is 15.1. The quantitative estimate of drug-likeness (QED) is 0.892. The molecule has 1 heterocycles. The minimum Gasteiger partial charge on any atom is -0.333 e. The Bertz CT molecular complexity index is 522. The van der Waals surface area contributed by atoms with Gasteiger partial charge in [-0.25, -0.2) is 4.98 Å². The molecule has 1 N–H and O–H groups in total. The maximum Gasteiger partial charge on any atom is 0.108 e. The van der Waals surface area contributed by atoms with E-state index in [1.807, 2.05) is 13.2 Å². The average molecular weight is 257 g/mol. The van der Waals surface area contributed by atoms with Gasteiger partial charge in [0.15, 0.2) is 0 Å². The lowest BCUT2D eigenvalue weighted by atomic mass is 10.0. The Morgan fingerprint density at radius 3 is 2.47 bits per heavy atom. The highest BCUT2D eigenvalue weighted by molar-refractivity contribution is 5.30. The van der Waals surface area contributed by atoms with Gasteiger partial charge in [0.2, 0.25) is 0 Å². The summed E-state index contributed by atoms with van der Waals surface area (Å²) >= 11 is 0. The molecule has 0 bridgehead atoms. The summed E-state index contributed by atoms with van der Waals surface area (Å²) < 4.78 is 2.23. The van der Waals surface area contributed by atoms with E-state index >= 15 is 0 Å². The van der Waals surface area contributed by atoms with E-state index < -0.39 is 0 Å². The number of aryl methyl sites for hydroxylation is 3. The summed E-state index contributed by atoms with van der Waals surface area (Å²) in [6, 6.07) is 7.05. The van der Waals surface area contributed by atoms with Crippen LogP contribution in [0.1, 0.15) is 35.5 Å². The molecule has 0 aliphatic carbocycles. The smallest absolute Gasteiger partial charge is 0.108 e. The van der Waals surface area contributed by atoms with Gasteiger partial charge < -0.3 is 9.88 Å². The molecular formula is C16H23N3. The van der Waals surface area contributed by atoms with Crippen LogP contribution in [0.15, 0.2) is 30.6 Å². The van der Waals surface area contributed by atoms with Gasteiger partial charge in [-0.05, 0) is 26.5 Å². The number of hydrogen-bond acceptors (Lipinski definition) is 2. The molecule has 19 heavy (non-hydrogen) atoms. The Hall–Kier alpha value is -1.61. The molecule has 0 fully saturated rings. The van der Waals surface area contributed by atoms with E-state index in [4.69, 9.17) is 0 Å². The highest BCUT2D eigenvalue weighted by Crippen LogP contribution is 2.19. The summed E-state index contributed by atoms with van der Waals surface area (Å²) in [5.41, 5.74) is 3.98. The van der Waals surface area contributed by atoms with Crippen LogP contribution in [-0.2, 0) is 13.0 Å². The molecular weight excluding hydrogens is 234 g/mol. The zero-order valence-corrected chi connectivity index (χ0v) is 12.3. The van der Waals surface area contributed by atoms with E-state index in [2.05, 4.69) is 60.0 Å². The molecule has 0 saturated carbocycles. The average Bonchev–Trinajstić information content (AvgIpc) is 2.81. The molecule has 1 atom stereocenters. The van der Waals surface area contributed by atoms with Gasteiger partial charge in [0.05, 0.1) is 6.04 Å². The molecule has 1 unspecified atom stereocenters. The SMILES string of the molecule is CCc1nccn1CC(NC)c1cc(C)cc(C)c1. The van der Waals surface area contributed by atoms with Gasteiger partial charge in [-0.1, -0.05) is 36.2 Å². The van der Waals surface area contributed by atoms with Crippen LogP contribution in [0.2, 0.25) is 0 Å². The molecule has 0 saturated heterocycles. The molecule has 3 nitrogen and oxygen atoms in total. The first-order valence-electron chi connectivity index (χ1n) is 6.89. The van der Waals surface area contributed by atoms with Gasteiger partial charge >= 0.3 is 0 Å². The van der Waals surface area contributed by atoms with Crippen LogP contribution < -0.4 is 5.32 Å². The van der Waals surface area contributed by atoms with Gasteiger partial charge in [-0.3, -0.25) is 0 Å². The van der Waals surface area contributed by atoms with E-state index in [-0.39, 0.29) is 0 Å². The maximum absolute atomic E-state index is 4.39. The Kier molecular flexibility index (Phi) is 4.38. The third-order valence-electron chi connectivity index (χ3n) is 3.49. The van der Waals surface area contributed by atoms with Crippen molar-refractivity contribution in [1.29, 1.82) is 0 Å². The van der Waals surface area contributed by atoms with Gasteiger partial charge in [0.25, 0.3) is 0 Å². The number of nitrogens with zero attached hydrogens (tertiary/aromatic N) is 2. The van der Waals surface area contributed by atoms with E-state index in [1.54, 1.807) is 0 Å². The molecule has 2 rings (SSSR count).